The molecule has 29 heavy (non-hydrogen) atoms. The van der Waals surface area contributed by atoms with Gasteiger partial charge < -0.3 is 14.8 Å². The number of anilines is 1. The fourth-order valence-corrected chi connectivity index (χ4v) is 3.72. The number of aromatic carboxylic acids is 1. The highest BCUT2D eigenvalue weighted by molar-refractivity contribution is 6.33. The first-order valence-corrected chi connectivity index (χ1v) is 9.54. The predicted molar refractivity (Wildman–Crippen MR) is 108 cm³/mol. The van der Waals surface area contributed by atoms with E-state index in [9.17, 15) is 14.7 Å². The van der Waals surface area contributed by atoms with Crippen LogP contribution in [0.15, 0.2) is 40.9 Å². The van der Waals surface area contributed by atoms with E-state index in [1.165, 1.54) is 18.2 Å². The number of carbonyl (C=O) groups excluding carboxylic acids is 1. The fraction of sp³-hybridized carbons (Fsp3) is 0.286. The molecule has 1 aliphatic rings. The van der Waals surface area contributed by atoms with Crippen LogP contribution in [0.4, 0.5) is 5.82 Å². The maximum absolute atomic E-state index is 12.4. The second kappa shape index (κ2) is 6.77. The normalized spacial score (nSPS) is 16.4. The predicted octanol–water partition coefficient (Wildman–Crippen LogP) is 4.72. The minimum absolute atomic E-state index is 0.114. The van der Waals surface area contributed by atoms with Crippen LogP contribution in [0.25, 0.3) is 11.3 Å². The van der Waals surface area contributed by atoms with Crippen molar-refractivity contribution in [2.45, 2.75) is 38.6 Å². The van der Waals surface area contributed by atoms with Crippen LogP contribution in [0.2, 0.25) is 5.02 Å². The van der Waals surface area contributed by atoms with Gasteiger partial charge in [-0.1, -0.05) is 11.6 Å². The molecular weight excluding hydrogens is 394 g/mol. The van der Waals surface area contributed by atoms with Crippen molar-refractivity contribution in [2.24, 2.45) is 0 Å². The SMILES string of the molecule is CC(C)(C)n1ncc2c1NC(=O)C[C@H]2c1ccc(-c2cc(C(=O)O)ccc2Cl)o1. The lowest BCUT2D eigenvalue weighted by Gasteiger charge is -2.27. The van der Waals surface area contributed by atoms with Crippen LogP contribution in [0.1, 0.15) is 54.8 Å². The maximum atomic E-state index is 12.4. The summed E-state index contributed by atoms with van der Waals surface area (Å²) in [6, 6.07) is 7.98. The molecule has 0 aliphatic carbocycles. The lowest BCUT2D eigenvalue weighted by molar-refractivity contribution is -0.116. The quantitative estimate of drug-likeness (QED) is 0.647. The molecular formula is C21H20ClN3O4. The average Bonchev–Trinajstić information content (AvgIpc) is 3.27. The summed E-state index contributed by atoms with van der Waals surface area (Å²) in [5, 5.41) is 17.0. The number of rotatable bonds is 3. The van der Waals surface area contributed by atoms with Crippen LogP contribution in [0.3, 0.4) is 0 Å². The number of carbonyl (C=O) groups is 2. The van der Waals surface area contributed by atoms with Gasteiger partial charge in [-0.05, 0) is 51.1 Å². The third kappa shape index (κ3) is 3.42. The molecule has 0 spiro atoms. The van der Waals surface area contributed by atoms with Gasteiger partial charge in [-0.2, -0.15) is 5.10 Å². The molecule has 0 unspecified atom stereocenters. The van der Waals surface area contributed by atoms with Crippen LogP contribution >= 0.6 is 11.6 Å². The number of halogens is 1. The summed E-state index contributed by atoms with van der Waals surface area (Å²) in [4.78, 5) is 23.6. The first kappa shape index (κ1) is 19.3. The number of fused-ring (bicyclic) bond motifs is 1. The zero-order valence-corrected chi connectivity index (χ0v) is 16.9. The molecule has 0 bridgehead atoms. The van der Waals surface area contributed by atoms with E-state index in [2.05, 4.69) is 10.4 Å². The van der Waals surface area contributed by atoms with E-state index in [0.717, 1.165) is 5.56 Å². The van der Waals surface area contributed by atoms with Gasteiger partial charge in [0.2, 0.25) is 5.91 Å². The average molecular weight is 414 g/mol. The van der Waals surface area contributed by atoms with Crippen LogP contribution < -0.4 is 5.32 Å². The summed E-state index contributed by atoms with van der Waals surface area (Å²) in [7, 11) is 0. The molecule has 1 aromatic carbocycles. The Balaban J connectivity index is 1.75. The maximum Gasteiger partial charge on any atom is 0.335 e. The number of benzene rings is 1. The van der Waals surface area contributed by atoms with Gasteiger partial charge >= 0.3 is 5.97 Å². The van der Waals surface area contributed by atoms with Gasteiger partial charge in [0.15, 0.2) is 0 Å². The summed E-state index contributed by atoms with van der Waals surface area (Å²) in [6.07, 6.45) is 1.99. The largest absolute Gasteiger partial charge is 0.478 e. The molecule has 8 heteroatoms. The van der Waals surface area contributed by atoms with Crippen molar-refractivity contribution in [2.75, 3.05) is 5.32 Å². The molecule has 2 aromatic heterocycles. The van der Waals surface area contributed by atoms with Crippen LogP contribution in [-0.2, 0) is 10.3 Å². The smallest absolute Gasteiger partial charge is 0.335 e. The van der Waals surface area contributed by atoms with E-state index in [1.54, 1.807) is 23.0 Å². The van der Waals surface area contributed by atoms with Crippen LogP contribution in [0.5, 0.6) is 0 Å². The Kier molecular flexibility index (Phi) is 4.50. The topological polar surface area (TPSA) is 97.4 Å². The minimum Gasteiger partial charge on any atom is -0.478 e. The van der Waals surface area contributed by atoms with Crippen molar-refractivity contribution in [1.82, 2.24) is 9.78 Å². The van der Waals surface area contributed by atoms with Crippen molar-refractivity contribution in [3.63, 3.8) is 0 Å². The number of carboxylic acid groups (broad SMARTS) is 1. The van der Waals surface area contributed by atoms with E-state index < -0.39 is 5.97 Å². The second-order valence-corrected chi connectivity index (χ2v) is 8.45. The first-order chi connectivity index (χ1) is 13.6. The number of nitrogens with one attached hydrogen (secondary N) is 1. The molecule has 3 heterocycles. The highest BCUT2D eigenvalue weighted by Crippen LogP contribution is 2.41. The van der Waals surface area contributed by atoms with Crippen molar-refractivity contribution in [3.05, 3.63) is 58.4 Å². The van der Waals surface area contributed by atoms with E-state index in [1.807, 2.05) is 20.8 Å². The molecule has 0 saturated carbocycles. The zero-order chi connectivity index (χ0) is 20.9. The van der Waals surface area contributed by atoms with Crippen LogP contribution in [-0.4, -0.2) is 26.8 Å². The third-order valence-electron chi connectivity index (χ3n) is 4.90. The zero-order valence-electron chi connectivity index (χ0n) is 16.2. The number of furan rings is 1. The summed E-state index contributed by atoms with van der Waals surface area (Å²) in [5.41, 5.74) is 1.20. The van der Waals surface area contributed by atoms with E-state index in [-0.39, 0.29) is 29.3 Å². The van der Waals surface area contributed by atoms with E-state index in [0.29, 0.717) is 27.9 Å². The van der Waals surface area contributed by atoms with E-state index in [4.69, 9.17) is 16.0 Å². The Morgan fingerprint density at radius 1 is 1.31 bits per heavy atom. The minimum atomic E-state index is -1.04. The molecule has 2 N–H and O–H groups in total. The number of aromatic nitrogens is 2. The Morgan fingerprint density at radius 3 is 2.76 bits per heavy atom. The molecule has 7 nitrogen and oxygen atoms in total. The Morgan fingerprint density at radius 2 is 2.07 bits per heavy atom. The molecule has 1 amide bonds. The molecule has 1 aliphatic heterocycles. The van der Waals surface area contributed by atoms with Gasteiger partial charge in [-0.25, -0.2) is 9.48 Å². The third-order valence-corrected chi connectivity index (χ3v) is 5.23. The molecule has 3 aromatic rings. The summed E-state index contributed by atoms with van der Waals surface area (Å²) < 4.78 is 7.83. The van der Waals surface area contributed by atoms with Crippen molar-refractivity contribution in [3.8, 4) is 11.3 Å². The monoisotopic (exact) mass is 413 g/mol. The van der Waals surface area contributed by atoms with Gasteiger partial charge in [0.05, 0.1) is 28.2 Å². The summed E-state index contributed by atoms with van der Waals surface area (Å²) in [5.74, 6) is 0.271. The molecule has 0 saturated heterocycles. The van der Waals surface area contributed by atoms with Gasteiger partial charge in [0.1, 0.15) is 17.3 Å². The van der Waals surface area contributed by atoms with Crippen molar-refractivity contribution >= 4 is 29.3 Å². The molecule has 150 valence electrons. The number of hydrogen-bond donors (Lipinski definition) is 2. The lowest BCUT2D eigenvalue weighted by Crippen LogP contribution is -2.30. The van der Waals surface area contributed by atoms with Gasteiger partial charge in [0, 0.05) is 17.5 Å². The Bertz CT molecular complexity index is 1120. The van der Waals surface area contributed by atoms with Crippen molar-refractivity contribution < 1.29 is 19.1 Å². The number of carboxylic acids is 1. The van der Waals surface area contributed by atoms with Gasteiger partial charge in [0.25, 0.3) is 0 Å². The van der Waals surface area contributed by atoms with Gasteiger partial charge in [-0.15, -0.1) is 0 Å². The van der Waals surface area contributed by atoms with Crippen molar-refractivity contribution in [1.29, 1.82) is 0 Å². The molecule has 4 rings (SSSR count). The summed E-state index contributed by atoms with van der Waals surface area (Å²) >= 11 is 6.26. The first-order valence-electron chi connectivity index (χ1n) is 9.16. The van der Waals surface area contributed by atoms with Gasteiger partial charge in [-0.3, -0.25) is 4.79 Å². The Hall–Kier alpha value is -3.06. The highest BCUT2D eigenvalue weighted by atomic mass is 35.5. The lowest BCUT2D eigenvalue weighted by atomic mass is 9.92. The van der Waals surface area contributed by atoms with Crippen LogP contribution in [0, 0.1) is 0 Å². The number of nitrogens with zero attached hydrogens (tertiary/aromatic N) is 2. The fourth-order valence-electron chi connectivity index (χ4n) is 3.51. The molecule has 0 radical (unpaired) electrons. The second-order valence-electron chi connectivity index (χ2n) is 8.04. The molecule has 1 atom stereocenters. The molecule has 0 fully saturated rings. The highest BCUT2D eigenvalue weighted by Gasteiger charge is 2.34. The Labute approximate surface area is 172 Å². The number of amides is 1. The summed E-state index contributed by atoms with van der Waals surface area (Å²) in [6.45, 7) is 6.04. The standard InChI is InChI=1S/C21H20ClN3O4/c1-21(2,3)25-19-14(10-23-25)12(9-18(26)24-19)16-6-7-17(29-16)13-8-11(20(27)28)4-5-15(13)22/h4-8,10,12H,9H2,1-3H3,(H,24,26)(H,27,28)/t12-/m1/s1. The van der Waals surface area contributed by atoms with E-state index >= 15 is 0 Å². The number of hydrogen-bond acceptors (Lipinski definition) is 4.